The van der Waals surface area contributed by atoms with Crippen LogP contribution in [0.1, 0.15) is 40.0 Å². The average molecular weight is 247 g/mol. The first-order chi connectivity index (χ1) is 7.68. The summed E-state index contributed by atoms with van der Waals surface area (Å²) in [5.41, 5.74) is 0.463. The molecule has 0 bridgehead atoms. The topological polar surface area (TPSA) is 21.3 Å². The Bertz CT molecular complexity index is 155. The van der Waals surface area contributed by atoms with Gasteiger partial charge >= 0.3 is 0 Å². The molecule has 0 saturated heterocycles. The third-order valence-corrected chi connectivity index (χ3v) is 3.84. The van der Waals surface area contributed by atoms with Crippen molar-refractivity contribution in [3.63, 3.8) is 0 Å². The number of rotatable bonds is 11. The molecule has 0 saturated carbocycles. The zero-order chi connectivity index (χ0) is 12.3. The Hall–Kier alpha value is 0.270. The smallest absolute Gasteiger partial charge is 0.0587 e. The van der Waals surface area contributed by atoms with Crippen LogP contribution >= 0.6 is 11.8 Å². The lowest BCUT2D eigenvalue weighted by molar-refractivity contribution is 0.189. The van der Waals surface area contributed by atoms with E-state index in [2.05, 4.69) is 37.8 Å². The highest BCUT2D eigenvalue weighted by Crippen LogP contribution is 2.28. The van der Waals surface area contributed by atoms with E-state index in [1.165, 1.54) is 30.8 Å². The molecule has 0 aliphatic carbocycles. The molecule has 2 nitrogen and oxygen atoms in total. The summed E-state index contributed by atoms with van der Waals surface area (Å²) in [5, 5.41) is 3.50. The zero-order valence-electron chi connectivity index (χ0n) is 11.5. The van der Waals surface area contributed by atoms with Crippen LogP contribution < -0.4 is 5.32 Å². The van der Waals surface area contributed by atoms with Crippen LogP contribution in [0.15, 0.2) is 0 Å². The van der Waals surface area contributed by atoms with Gasteiger partial charge in [0.05, 0.1) is 6.61 Å². The number of methoxy groups -OCH3 is 1. The van der Waals surface area contributed by atoms with Crippen LogP contribution in [0.3, 0.4) is 0 Å². The van der Waals surface area contributed by atoms with E-state index < -0.39 is 0 Å². The molecule has 0 aliphatic rings. The Kier molecular flexibility index (Phi) is 10.6. The quantitative estimate of drug-likeness (QED) is 0.567. The highest BCUT2D eigenvalue weighted by Gasteiger charge is 2.22. The molecule has 0 rings (SSSR count). The molecule has 1 atom stereocenters. The number of ether oxygens (including phenoxy) is 1. The van der Waals surface area contributed by atoms with E-state index in [4.69, 9.17) is 4.74 Å². The Balaban J connectivity index is 3.81. The fourth-order valence-electron chi connectivity index (χ4n) is 1.93. The number of nitrogens with one attached hydrogen (secondary N) is 1. The summed E-state index contributed by atoms with van der Waals surface area (Å²) < 4.78 is 5.05. The summed E-state index contributed by atoms with van der Waals surface area (Å²) in [5.74, 6) is 2.53. The molecule has 0 amide bonds. The van der Waals surface area contributed by atoms with Crippen molar-refractivity contribution in [3.8, 4) is 0 Å². The first-order valence-electron chi connectivity index (χ1n) is 6.46. The van der Waals surface area contributed by atoms with Crippen LogP contribution in [0, 0.1) is 5.41 Å². The van der Waals surface area contributed by atoms with Crippen LogP contribution in [-0.4, -0.2) is 38.3 Å². The maximum absolute atomic E-state index is 5.05. The second kappa shape index (κ2) is 10.4. The van der Waals surface area contributed by atoms with Gasteiger partial charge in [0.15, 0.2) is 0 Å². The molecule has 0 fully saturated rings. The van der Waals surface area contributed by atoms with Gasteiger partial charge < -0.3 is 10.1 Å². The summed E-state index contributed by atoms with van der Waals surface area (Å²) in [6, 6.07) is 0. The van der Waals surface area contributed by atoms with Crippen molar-refractivity contribution in [1.29, 1.82) is 0 Å². The predicted molar refractivity (Wildman–Crippen MR) is 75.4 cm³/mol. The summed E-state index contributed by atoms with van der Waals surface area (Å²) in [7, 11) is 1.75. The third kappa shape index (κ3) is 8.43. The molecule has 0 heterocycles. The van der Waals surface area contributed by atoms with Gasteiger partial charge in [-0.2, -0.15) is 11.8 Å². The molecule has 1 N–H and O–H groups in total. The molecular weight excluding hydrogens is 218 g/mol. The van der Waals surface area contributed by atoms with Gasteiger partial charge in [-0.25, -0.2) is 0 Å². The van der Waals surface area contributed by atoms with Gasteiger partial charge in [0, 0.05) is 20.2 Å². The lowest BCUT2D eigenvalue weighted by Crippen LogP contribution is -2.34. The van der Waals surface area contributed by atoms with Gasteiger partial charge in [0.2, 0.25) is 0 Å². The molecule has 0 aromatic rings. The first kappa shape index (κ1) is 16.3. The second-order valence-corrected chi connectivity index (χ2v) is 6.07. The Labute approximate surface area is 106 Å². The van der Waals surface area contributed by atoms with E-state index in [-0.39, 0.29) is 0 Å². The Morgan fingerprint density at radius 2 is 2.00 bits per heavy atom. The fourth-order valence-corrected chi connectivity index (χ4v) is 2.86. The Morgan fingerprint density at radius 1 is 1.25 bits per heavy atom. The van der Waals surface area contributed by atoms with E-state index in [1.807, 2.05) is 0 Å². The van der Waals surface area contributed by atoms with Gasteiger partial charge in [-0.15, -0.1) is 0 Å². The maximum Gasteiger partial charge on any atom is 0.0587 e. The van der Waals surface area contributed by atoms with Crippen LogP contribution in [-0.2, 0) is 4.74 Å². The summed E-state index contributed by atoms with van der Waals surface area (Å²) in [6.45, 7) is 9.82. The monoisotopic (exact) mass is 247 g/mol. The fraction of sp³-hybridized carbons (Fsp3) is 1.00. The first-order valence-corrected chi connectivity index (χ1v) is 7.61. The molecule has 0 aliphatic heterocycles. The molecule has 3 heteroatoms. The van der Waals surface area contributed by atoms with Crippen LogP contribution in [0.4, 0.5) is 0 Å². The third-order valence-electron chi connectivity index (χ3n) is 2.94. The van der Waals surface area contributed by atoms with Crippen molar-refractivity contribution in [2.24, 2.45) is 5.41 Å². The standard InChI is InChI=1S/C13H29NOS/c1-5-7-13(3,8-11-16-6-2)12-14-9-10-15-4/h14H,5-12H2,1-4H3. The molecule has 98 valence electrons. The molecule has 16 heavy (non-hydrogen) atoms. The van der Waals surface area contributed by atoms with Crippen molar-refractivity contribution in [2.75, 3.05) is 38.3 Å². The number of hydrogen-bond donors (Lipinski definition) is 1. The van der Waals surface area contributed by atoms with Gasteiger partial charge in [0.1, 0.15) is 0 Å². The normalized spacial score (nSPS) is 15.0. The minimum Gasteiger partial charge on any atom is -0.383 e. The van der Waals surface area contributed by atoms with E-state index in [0.717, 1.165) is 19.7 Å². The molecule has 0 spiro atoms. The lowest BCUT2D eigenvalue weighted by Gasteiger charge is -2.29. The summed E-state index contributed by atoms with van der Waals surface area (Å²) in [4.78, 5) is 0. The van der Waals surface area contributed by atoms with Gasteiger partial charge in [-0.3, -0.25) is 0 Å². The lowest BCUT2D eigenvalue weighted by atomic mass is 9.83. The predicted octanol–water partition coefficient (Wildman–Crippen LogP) is 3.17. The van der Waals surface area contributed by atoms with Crippen molar-refractivity contribution in [2.45, 2.75) is 40.0 Å². The average Bonchev–Trinajstić information content (AvgIpc) is 2.25. The molecule has 0 radical (unpaired) electrons. The van der Waals surface area contributed by atoms with E-state index in [1.54, 1.807) is 7.11 Å². The minimum absolute atomic E-state index is 0.463. The van der Waals surface area contributed by atoms with Gasteiger partial charge in [0.25, 0.3) is 0 Å². The molecule has 0 aromatic carbocycles. The van der Waals surface area contributed by atoms with Crippen LogP contribution in [0.2, 0.25) is 0 Å². The van der Waals surface area contributed by atoms with Crippen molar-refractivity contribution >= 4 is 11.8 Å². The van der Waals surface area contributed by atoms with Crippen molar-refractivity contribution < 1.29 is 4.74 Å². The van der Waals surface area contributed by atoms with Crippen LogP contribution in [0.25, 0.3) is 0 Å². The zero-order valence-corrected chi connectivity index (χ0v) is 12.3. The van der Waals surface area contributed by atoms with E-state index in [9.17, 15) is 0 Å². The second-order valence-electron chi connectivity index (χ2n) is 4.68. The largest absolute Gasteiger partial charge is 0.383 e. The summed E-state index contributed by atoms with van der Waals surface area (Å²) >= 11 is 2.05. The minimum atomic E-state index is 0.463. The molecule has 1 unspecified atom stereocenters. The highest BCUT2D eigenvalue weighted by atomic mass is 32.2. The van der Waals surface area contributed by atoms with Crippen molar-refractivity contribution in [1.82, 2.24) is 5.32 Å². The van der Waals surface area contributed by atoms with E-state index >= 15 is 0 Å². The van der Waals surface area contributed by atoms with Crippen LogP contribution in [0.5, 0.6) is 0 Å². The SMILES string of the molecule is CCCC(C)(CCSCC)CNCCOC. The number of hydrogen-bond acceptors (Lipinski definition) is 3. The molecule has 0 aromatic heterocycles. The van der Waals surface area contributed by atoms with Crippen molar-refractivity contribution in [3.05, 3.63) is 0 Å². The van der Waals surface area contributed by atoms with Gasteiger partial charge in [-0.1, -0.05) is 27.2 Å². The summed E-state index contributed by atoms with van der Waals surface area (Å²) in [6.07, 6.45) is 3.91. The maximum atomic E-state index is 5.05. The number of thioether (sulfide) groups is 1. The van der Waals surface area contributed by atoms with E-state index in [0.29, 0.717) is 5.41 Å². The Morgan fingerprint density at radius 3 is 2.56 bits per heavy atom. The molecular formula is C13H29NOS. The highest BCUT2D eigenvalue weighted by molar-refractivity contribution is 7.99. The van der Waals surface area contributed by atoms with Gasteiger partial charge in [-0.05, 0) is 29.8 Å².